The second-order valence-corrected chi connectivity index (χ2v) is 10.3. The summed E-state index contributed by atoms with van der Waals surface area (Å²) in [5, 5.41) is 0. The molecule has 1 aliphatic rings. The number of anilines is 1. The molecule has 1 unspecified atom stereocenters. The lowest BCUT2D eigenvalue weighted by Crippen LogP contribution is -2.39. The zero-order valence-corrected chi connectivity index (χ0v) is 16.4. The van der Waals surface area contributed by atoms with Crippen LogP contribution in [0, 0.1) is 11.7 Å². The highest BCUT2D eigenvalue weighted by Gasteiger charge is 2.28. The smallest absolute Gasteiger partial charge is 0.261 e. The van der Waals surface area contributed by atoms with E-state index in [0.717, 1.165) is 37.1 Å². The van der Waals surface area contributed by atoms with Crippen molar-refractivity contribution in [2.75, 3.05) is 17.8 Å². The number of benzene rings is 2. The summed E-state index contributed by atoms with van der Waals surface area (Å²) >= 11 is 0. The molecular weight excluding hydrogens is 391 g/mol. The van der Waals surface area contributed by atoms with Crippen LogP contribution < -0.4 is 4.72 Å². The third-order valence-electron chi connectivity index (χ3n) is 4.49. The van der Waals surface area contributed by atoms with Gasteiger partial charge in [0.1, 0.15) is 5.82 Å². The fraction of sp³-hybridized carbons (Fsp3) is 0.333. The molecule has 2 aromatic rings. The van der Waals surface area contributed by atoms with Crippen LogP contribution in [-0.4, -0.2) is 34.2 Å². The third-order valence-corrected chi connectivity index (χ3v) is 7.76. The lowest BCUT2D eigenvalue weighted by Gasteiger charge is -2.30. The largest absolute Gasteiger partial charge is 0.280 e. The summed E-state index contributed by atoms with van der Waals surface area (Å²) in [5.41, 5.74) is 0.227. The molecule has 1 aliphatic heterocycles. The van der Waals surface area contributed by atoms with Crippen molar-refractivity contribution in [2.24, 2.45) is 5.92 Å². The maximum Gasteiger partial charge on any atom is 0.261 e. The minimum absolute atomic E-state index is 0.0806. The molecule has 0 bridgehead atoms. The van der Waals surface area contributed by atoms with E-state index in [4.69, 9.17) is 0 Å². The first kappa shape index (κ1) is 19.8. The minimum atomic E-state index is -3.88. The number of rotatable bonds is 5. The van der Waals surface area contributed by atoms with Crippen molar-refractivity contribution in [3.8, 4) is 0 Å². The van der Waals surface area contributed by atoms with Gasteiger partial charge in [0.25, 0.3) is 10.0 Å². The molecule has 0 aromatic heterocycles. The molecule has 9 heteroatoms. The molecule has 0 aliphatic carbocycles. The Hall–Kier alpha value is -1.97. The van der Waals surface area contributed by atoms with Crippen LogP contribution in [-0.2, 0) is 20.0 Å². The summed E-state index contributed by atoms with van der Waals surface area (Å²) in [6.45, 7) is 3.00. The number of nitrogens with zero attached hydrogens (tertiary/aromatic N) is 1. The molecule has 1 saturated heterocycles. The molecule has 6 nitrogen and oxygen atoms in total. The van der Waals surface area contributed by atoms with Gasteiger partial charge in [-0.15, -0.1) is 0 Å². The Morgan fingerprint density at radius 2 is 1.56 bits per heavy atom. The van der Waals surface area contributed by atoms with E-state index in [9.17, 15) is 21.2 Å². The van der Waals surface area contributed by atoms with Crippen molar-refractivity contribution in [3.63, 3.8) is 0 Å². The third kappa shape index (κ3) is 4.48. The molecule has 146 valence electrons. The number of hydrogen-bond donors (Lipinski definition) is 1. The van der Waals surface area contributed by atoms with E-state index in [1.54, 1.807) is 0 Å². The van der Waals surface area contributed by atoms with E-state index < -0.39 is 25.9 Å². The summed E-state index contributed by atoms with van der Waals surface area (Å²) in [7, 11) is -7.48. The van der Waals surface area contributed by atoms with Gasteiger partial charge in [0, 0.05) is 18.8 Å². The van der Waals surface area contributed by atoms with Crippen molar-refractivity contribution in [1.29, 1.82) is 0 Å². The molecule has 2 aromatic carbocycles. The Morgan fingerprint density at radius 3 is 2.15 bits per heavy atom. The first-order valence-electron chi connectivity index (χ1n) is 8.57. The predicted molar refractivity (Wildman–Crippen MR) is 101 cm³/mol. The van der Waals surface area contributed by atoms with Gasteiger partial charge in [-0.2, -0.15) is 4.31 Å². The standard InChI is InChI=1S/C18H21FN2O4S2/c1-14-3-2-12-21(13-14)27(24,25)18-10-6-16(7-11-18)20-26(22,23)17-8-4-15(19)5-9-17/h4-11,14,20H,2-3,12-13H2,1H3. The lowest BCUT2D eigenvalue weighted by atomic mass is 10.0. The second kappa shape index (κ2) is 7.57. The van der Waals surface area contributed by atoms with E-state index in [1.807, 2.05) is 6.92 Å². The van der Waals surface area contributed by atoms with Crippen LogP contribution in [0.15, 0.2) is 58.3 Å². The molecule has 0 saturated carbocycles. The van der Waals surface area contributed by atoms with Crippen molar-refractivity contribution >= 4 is 25.7 Å². The zero-order chi connectivity index (χ0) is 19.7. The zero-order valence-electron chi connectivity index (χ0n) is 14.8. The average Bonchev–Trinajstić information content (AvgIpc) is 2.62. The maximum atomic E-state index is 13.0. The first-order chi connectivity index (χ1) is 12.7. The monoisotopic (exact) mass is 412 g/mol. The van der Waals surface area contributed by atoms with Gasteiger partial charge in [-0.1, -0.05) is 6.92 Å². The van der Waals surface area contributed by atoms with E-state index in [2.05, 4.69) is 4.72 Å². The quantitative estimate of drug-likeness (QED) is 0.818. The van der Waals surface area contributed by atoms with Gasteiger partial charge in [-0.05, 0) is 67.3 Å². The Balaban J connectivity index is 1.78. The van der Waals surface area contributed by atoms with Crippen LogP contribution in [0.4, 0.5) is 10.1 Å². The van der Waals surface area contributed by atoms with Gasteiger partial charge >= 0.3 is 0 Å². The molecule has 1 fully saturated rings. The number of piperidine rings is 1. The average molecular weight is 413 g/mol. The van der Waals surface area contributed by atoms with Crippen LogP contribution in [0.5, 0.6) is 0 Å². The molecule has 27 heavy (non-hydrogen) atoms. The van der Waals surface area contributed by atoms with Gasteiger partial charge in [-0.25, -0.2) is 21.2 Å². The molecule has 3 rings (SSSR count). The number of nitrogens with one attached hydrogen (secondary N) is 1. The van der Waals surface area contributed by atoms with Gasteiger partial charge in [-0.3, -0.25) is 4.72 Å². The van der Waals surface area contributed by atoms with Gasteiger partial charge in [0.2, 0.25) is 10.0 Å². The van der Waals surface area contributed by atoms with E-state index in [1.165, 1.54) is 28.6 Å². The van der Waals surface area contributed by atoms with E-state index >= 15 is 0 Å². The number of halogens is 1. The Labute approximate surface area is 159 Å². The van der Waals surface area contributed by atoms with E-state index in [0.29, 0.717) is 19.0 Å². The lowest BCUT2D eigenvalue weighted by molar-refractivity contribution is 0.281. The summed E-state index contributed by atoms with van der Waals surface area (Å²) in [5.74, 6) is -0.217. The van der Waals surface area contributed by atoms with Crippen molar-refractivity contribution in [1.82, 2.24) is 4.31 Å². The molecule has 1 N–H and O–H groups in total. The molecule has 1 heterocycles. The van der Waals surface area contributed by atoms with Gasteiger partial charge in [0.15, 0.2) is 0 Å². The van der Waals surface area contributed by atoms with Gasteiger partial charge < -0.3 is 0 Å². The summed E-state index contributed by atoms with van der Waals surface area (Å²) in [6.07, 6.45) is 1.84. The van der Waals surface area contributed by atoms with Crippen LogP contribution in [0.1, 0.15) is 19.8 Å². The van der Waals surface area contributed by atoms with Crippen molar-refractivity contribution in [3.05, 3.63) is 54.3 Å². The fourth-order valence-electron chi connectivity index (χ4n) is 3.04. The van der Waals surface area contributed by atoms with Gasteiger partial charge in [0.05, 0.1) is 9.79 Å². The maximum absolute atomic E-state index is 13.0. The highest BCUT2D eigenvalue weighted by atomic mass is 32.2. The molecule has 0 spiro atoms. The van der Waals surface area contributed by atoms with E-state index in [-0.39, 0.29) is 15.5 Å². The fourth-order valence-corrected chi connectivity index (χ4v) is 5.69. The topological polar surface area (TPSA) is 83.6 Å². The number of sulfonamides is 2. The molecular formula is C18H21FN2O4S2. The highest BCUT2D eigenvalue weighted by molar-refractivity contribution is 7.92. The summed E-state index contributed by atoms with van der Waals surface area (Å²) < 4.78 is 66.9. The Morgan fingerprint density at radius 1 is 0.963 bits per heavy atom. The van der Waals surface area contributed by atoms with Crippen LogP contribution >= 0.6 is 0 Å². The van der Waals surface area contributed by atoms with Crippen molar-refractivity contribution in [2.45, 2.75) is 29.6 Å². The number of hydrogen-bond acceptors (Lipinski definition) is 4. The first-order valence-corrected chi connectivity index (χ1v) is 11.5. The Bertz CT molecular complexity index is 1000. The normalized spacial score (nSPS) is 19.0. The highest BCUT2D eigenvalue weighted by Crippen LogP contribution is 2.25. The Kier molecular flexibility index (Phi) is 5.55. The van der Waals surface area contributed by atoms with Crippen LogP contribution in [0.2, 0.25) is 0 Å². The van der Waals surface area contributed by atoms with Crippen molar-refractivity contribution < 1.29 is 21.2 Å². The molecule has 1 atom stereocenters. The molecule has 0 amide bonds. The second-order valence-electron chi connectivity index (χ2n) is 6.69. The predicted octanol–water partition coefficient (Wildman–Crippen LogP) is 3.05. The minimum Gasteiger partial charge on any atom is -0.280 e. The summed E-state index contributed by atoms with van der Waals surface area (Å²) in [6, 6.07) is 10.0. The SMILES string of the molecule is CC1CCCN(S(=O)(=O)c2ccc(NS(=O)(=O)c3ccc(F)cc3)cc2)C1. The van der Waals surface area contributed by atoms with Crippen LogP contribution in [0.3, 0.4) is 0 Å². The van der Waals surface area contributed by atoms with Crippen LogP contribution in [0.25, 0.3) is 0 Å². The summed E-state index contributed by atoms with van der Waals surface area (Å²) in [4.78, 5) is 0.0456. The molecule has 0 radical (unpaired) electrons.